The smallest absolute Gasteiger partial charge is 0.309 e. The van der Waals surface area contributed by atoms with Crippen LogP contribution in [0.3, 0.4) is 0 Å². The Kier molecular flexibility index (Phi) is 5.63. The quantitative estimate of drug-likeness (QED) is 0.615. The molecule has 18 heavy (non-hydrogen) atoms. The van der Waals surface area contributed by atoms with Gasteiger partial charge < -0.3 is 5.11 Å². The number of thioether (sulfide) groups is 1. The van der Waals surface area contributed by atoms with Gasteiger partial charge in [-0.05, 0) is 26.7 Å². The molecular formula is C12H16N2O2S2. The van der Waals surface area contributed by atoms with E-state index in [2.05, 4.69) is 11.1 Å². The third kappa shape index (κ3) is 5.52. The summed E-state index contributed by atoms with van der Waals surface area (Å²) < 4.78 is 0.904. The molecule has 1 aromatic heterocycles. The molecule has 4 nitrogen and oxygen atoms in total. The molecule has 0 aromatic carbocycles. The Bertz CT molecular complexity index is 449. The normalized spacial score (nSPS) is 11.2. The highest BCUT2D eigenvalue weighted by atomic mass is 32.2. The summed E-state index contributed by atoms with van der Waals surface area (Å²) in [5, 5.41) is 19.3. The molecule has 98 valence electrons. The molecule has 0 unspecified atom stereocenters. The Balaban J connectivity index is 2.30. The van der Waals surface area contributed by atoms with E-state index in [0.717, 1.165) is 22.9 Å². The molecule has 0 aliphatic rings. The first kappa shape index (κ1) is 15.0. The molecule has 1 rings (SSSR count). The minimum absolute atomic E-state index is 0.0154. The van der Waals surface area contributed by atoms with Crippen LogP contribution in [0.5, 0.6) is 0 Å². The van der Waals surface area contributed by atoms with Crippen molar-refractivity contribution < 1.29 is 9.90 Å². The lowest BCUT2D eigenvalue weighted by Crippen LogP contribution is -2.07. The number of nitriles is 1. The van der Waals surface area contributed by atoms with E-state index in [9.17, 15) is 4.79 Å². The summed E-state index contributed by atoms with van der Waals surface area (Å²) in [6.45, 7) is 3.87. The minimum atomic E-state index is -0.854. The lowest BCUT2D eigenvalue weighted by Gasteiger charge is -2.13. The van der Waals surface area contributed by atoms with Gasteiger partial charge in [0.25, 0.3) is 0 Å². The highest BCUT2D eigenvalue weighted by Gasteiger charge is 2.15. The fourth-order valence-corrected chi connectivity index (χ4v) is 3.17. The first-order chi connectivity index (χ1) is 8.43. The topological polar surface area (TPSA) is 74.0 Å². The fraction of sp³-hybridized carbons (Fsp3) is 0.583. The first-order valence-corrected chi connectivity index (χ1v) is 7.50. The van der Waals surface area contributed by atoms with Crippen molar-refractivity contribution in [3.8, 4) is 6.07 Å². The standard InChI is InChI=1S/C12H16N2O2S2/c1-12(2,8-13)4-3-5-17-11-14-9(7-18-11)6-10(15)16/h7H,3-6H2,1-2H3,(H,15,16). The molecule has 0 spiro atoms. The number of carboxylic acid groups (broad SMARTS) is 1. The second-order valence-electron chi connectivity index (χ2n) is 4.62. The second kappa shape index (κ2) is 6.76. The molecule has 1 aromatic rings. The first-order valence-electron chi connectivity index (χ1n) is 5.63. The van der Waals surface area contributed by atoms with Gasteiger partial charge in [0.15, 0.2) is 0 Å². The van der Waals surface area contributed by atoms with Gasteiger partial charge in [0.05, 0.1) is 23.6 Å². The SMILES string of the molecule is CC(C)(C#N)CCCSc1nc(CC(=O)O)cs1. The van der Waals surface area contributed by atoms with Gasteiger partial charge >= 0.3 is 5.97 Å². The largest absolute Gasteiger partial charge is 0.481 e. The summed E-state index contributed by atoms with van der Waals surface area (Å²) in [7, 11) is 0. The maximum atomic E-state index is 10.5. The Morgan fingerprint density at radius 1 is 1.67 bits per heavy atom. The summed E-state index contributed by atoms with van der Waals surface area (Å²) in [4.78, 5) is 14.7. The molecule has 0 fully saturated rings. The summed E-state index contributed by atoms with van der Waals surface area (Å²) in [5.74, 6) is 0.0538. The van der Waals surface area contributed by atoms with Crippen LogP contribution in [0.4, 0.5) is 0 Å². The van der Waals surface area contributed by atoms with Crippen LogP contribution < -0.4 is 0 Å². The number of hydrogen-bond acceptors (Lipinski definition) is 5. The lowest BCUT2D eigenvalue weighted by molar-refractivity contribution is -0.136. The zero-order valence-electron chi connectivity index (χ0n) is 10.5. The molecule has 0 saturated heterocycles. The Morgan fingerprint density at radius 3 is 3.00 bits per heavy atom. The average Bonchev–Trinajstić information content (AvgIpc) is 2.71. The Labute approximate surface area is 115 Å². The highest BCUT2D eigenvalue weighted by Crippen LogP contribution is 2.27. The number of aliphatic carboxylic acids is 1. The van der Waals surface area contributed by atoms with Gasteiger partial charge in [0.2, 0.25) is 0 Å². The zero-order chi connectivity index (χ0) is 13.6. The number of thiazole rings is 1. The van der Waals surface area contributed by atoms with E-state index in [4.69, 9.17) is 10.4 Å². The van der Waals surface area contributed by atoms with E-state index in [0.29, 0.717) is 5.69 Å². The predicted molar refractivity (Wildman–Crippen MR) is 72.8 cm³/mol. The Morgan fingerprint density at radius 2 is 2.39 bits per heavy atom. The van der Waals surface area contributed by atoms with E-state index >= 15 is 0 Å². The van der Waals surface area contributed by atoms with Gasteiger partial charge in [0.1, 0.15) is 4.34 Å². The van der Waals surface area contributed by atoms with Crippen molar-refractivity contribution in [3.05, 3.63) is 11.1 Å². The molecular weight excluding hydrogens is 268 g/mol. The van der Waals surface area contributed by atoms with Crippen molar-refractivity contribution in [2.45, 2.75) is 37.4 Å². The van der Waals surface area contributed by atoms with E-state index in [-0.39, 0.29) is 11.8 Å². The maximum Gasteiger partial charge on any atom is 0.309 e. The van der Waals surface area contributed by atoms with Gasteiger partial charge in [-0.3, -0.25) is 4.79 Å². The lowest BCUT2D eigenvalue weighted by atomic mass is 9.90. The molecule has 0 aliphatic carbocycles. The summed E-state index contributed by atoms with van der Waals surface area (Å²) in [6, 6.07) is 2.28. The van der Waals surface area contributed by atoms with E-state index in [1.54, 1.807) is 17.1 Å². The van der Waals surface area contributed by atoms with Crippen LogP contribution in [0, 0.1) is 16.7 Å². The highest BCUT2D eigenvalue weighted by molar-refractivity contribution is 8.00. The maximum absolute atomic E-state index is 10.5. The molecule has 0 bridgehead atoms. The molecule has 0 amide bonds. The van der Waals surface area contributed by atoms with Crippen molar-refractivity contribution in [2.24, 2.45) is 5.41 Å². The van der Waals surface area contributed by atoms with E-state index < -0.39 is 5.97 Å². The molecule has 0 aliphatic heterocycles. The molecule has 6 heteroatoms. The molecule has 0 saturated carbocycles. The van der Waals surface area contributed by atoms with Crippen LogP contribution in [-0.4, -0.2) is 21.8 Å². The average molecular weight is 284 g/mol. The number of hydrogen-bond donors (Lipinski definition) is 1. The van der Waals surface area contributed by atoms with Crippen molar-refractivity contribution in [2.75, 3.05) is 5.75 Å². The third-order valence-corrected chi connectivity index (χ3v) is 4.49. The minimum Gasteiger partial charge on any atom is -0.481 e. The second-order valence-corrected chi connectivity index (χ2v) is 6.82. The fourth-order valence-electron chi connectivity index (χ4n) is 1.32. The van der Waals surface area contributed by atoms with Gasteiger partial charge in [-0.2, -0.15) is 5.26 Å². The number of carbonyl (C=O) groups is 1. The molecule has 0 radical (unpaired) electrons. The van der Waals surface area contributed by atoms with Gasteiger partial charge in [-0.15, -0.1) is 11.3 Å². The van der Waals surface area contributed by atoms with Crippen molar-refractivity contribution in [3.63, 3.8) is 0 Å². The van der Waals surface area contributed by atoms with Crippen LogP contribution >= 0.6 is 23.1 Å². The van der Waals surface area contributed by atoms with E-state index in [1.807, 2.05) is 13.8 Å². The molecule has 1 heterocycles. The molecule has 0 atom stereocenters. The number of rotatable bonds is 7. The van der Waals surface area contributed by atoms with Gasteiger partial charge in [0, 0.05) is 11.1 Å². The number of carboxylic acids is 1. The monoisotopic (exact) mass is 284 g/mol. The third-order valence-electron chi connectivity index (χ3n) is 2.34. The van der Waals surface area contributed by atoms with Gasteiger partial charge in [-0.25, -0.2) is 4.98 Å². The number of nitrogens with zero attached hydrogens (tertiary/aromatic N) is 2. The summed E-state index contributed by atoms with van der Waals surface area (Å²) in [5.41, 5.74) is 0.352. The van der Waals surface area contributed by atoms with Crippen LogP contribution in [0.2, 0.25) is 0 Å². The number of aromatic nitrogens is 1. The van der Waals surface area contributed by atoms with Gasteiger partial charge in [-0.1, -0.05) is 11.8 Å². The van der Waals surface area contributed by atoms with E-state index in [1.165, 1.54) is 11.3 Å². The van der Waals surface area contributed by atoms with Crippen LogP contribution in [-0.2, 0) is 11.2 Å². The molecule has 1 N–H and O–H groups in total. The Hall–Kier alpha value is -1.06. The summed E-state index contributed by atoms with van der Waals surface area (Å²) >= 11 is 3.10. The van der Waals surface area contributed by atoms with Crippen molar-refractivity contribution in [1.82, 2.24) is 4.98 Å². The van der Waals surface area contributed by atoms with Crippen molar-refractivity contribution >= 4 is 29.1 Å². The van der Waals surface area contributed by atoms with Crippen LogP contribution in [0.25, 0.3) is 0 Å². The predicted octanol–water partition coefficient (Wildman–Crippen LogP) is 3.19. The van der Waals surface area contributed by atoms with Crippen LogP contribution in [0.1, 0.15) is 32.4 Å². The van der Waals surface area contributed by atoms with Crippen molar-refractivity contribution in [1.29, 1.82) is 5.26 Å². The zero-order valence-corrected chi connectivity index (χ0v) is 12.1. The summed E-state index contributed by atoms with van der Waals surface area (Å²) in [6.07, 6.45) is 1.81. The van der Waals surface area contributed by atoms with Crippen LogP contribution in [0.15, 0.2) is 9.72 Å².